The topological polar surface area (TPSA) is 99.5 Å². The number of amides is 1. The number of anilines is 1. The number of halogens is 1. The Hall–Kier alpha value is -2.96. The highest BCUT2D eigenvalue weighted by Crippen LogP contribution is 2.30. The van der Waals surface area contributed by atoms with Gasteiger partial charge in [0, 0.05) is 18.8 Å². The fraction of sp³-hybridized carbons (Fsp3) is 0.333. The predicted octanol–water partition coefficient (Wildman–Crippen LogP) is 2.94. The molecule has 1 aliphatic rings. The van der Waals surface area contributed by atoms with Crippen molar-refractivity contribution in [1.82, 2.24) is 4.31 Å². The normalized spacial score (nSPS) is 17.2. The van der Waals surface area contributed by atoms with Gasteiger partial charge in [0.25, 0.3) is 0 Å². The molecule has 1 N–H and O–H groups in total. The molecule has 1 atom stereocenters. The summed E-state index contributed by atoms with van der Waals surface area (Å²) >= 11 is 0. The molecule has 0 aromatic heterocycles. The average Bonchev–Trinajstić information content (AvgIpc) is 2.75. The van der Waals surface area contributed by atoms with E-state index >= 15 is 0 Å². The van der Waals surface area contributed by atoms with Crippen LogP contribution < -0.4 is 10.1 Å². The van der Waals surface area contributed by atoms with Crippen LogP contribution in [-0.4, -0.2) is 38.8 Å². The van der Waals surface area contributed by atoms with Gasteiger partial charge in [0.2, 0.25) is 15.9 Å². The smallest absolute Gasteiger partial charge is 0.246 e. The SMILES string of the molecule is COc1ccc(F)cc1S(=O)(=O)N1CCCC(C(=O)Nc2ccc(CC#N)cc2)C1. The van der Waals surface area contributed by atoms with Crippen LogP contribution in [0.5, 0.6) is 5.75 Å². The van der Waals surface area contributed by atoms with Crippen molar-refractivity contribution in [1.29, 1.82) is 5.26 Å². The Labute approximate surface area is 175 Å². The highest BCUT2D eigenvalue weighted by molar-refractivity contribution is 7.89. The molecule has 2 aromatic rings. The van der Waals surface area contributed by atoms with Crippen molar-refractivity contribution in [3.8, 4) is 11.8 Å². The molecular weight excluding hydrogens is 409 g/mol. The summed E-state index contributed by atoms with van der Waals surface area (Å²) in [5.74, 6) is -1.44. The summed E-state index contributed by atoms with van der Waals surface area (Å²) in [5.41, 5.74) is 1.42. The van der Waals surface area contributed by atoms with Crippen LogP contribution in [0.25, 0.3) is 0 Å². The zero-order valence-corrected chi connectivity index (χ0v) is 17.3. The van der Waals surface area contributed by atoms with Gasteiger partial charge in [-0.05, 0) is 48.7 Å². The third kappa shape index (κ3) is 4.78. The first-order valence-electron chi connectivity index (χ1n) is 9.45. The molecule has 1 amide bonds. The van der Waals surface area contributed by atoms with Crippen LogP contribution in [0, 0.1) is 23.1 Å². The van der Waals surface area contributed by atoms with Crippen LogP contribution >= 0.6 is 0 Å². The number of hydrogen-bond donors (Lipinski definition) is 1. The van der Waals surface area contributed by atoms with Crippen LogP contribution in [0.3, 0.4) is 0 Å². The molecule has 1 saturated heterocycles. The number of carbonyl (C=O) groups excluding carboxylic acids is 1. The summed E-state index contributed by atoms with van der Waals surface area (Å²) in [6, 6.07) is 12.3. The maximum Gasteiger partial charge on any atom is 0.246 e. The maximum absolute atomic E-state index is 13.7. The van der Waals surface area contributed by atoms with Crippen molar-refractivity contribution in [3.05, 3.63) is 53.8 Å². The number of benzene rings is 2. The molecule has 2 aromatic carbocycles. The monoisotopic (exact) mass is 431 g/mol. The number of nitrogens with zero attached hydrogens (tertiary/aromatic N) is 2. The van der Waals surface area contributed by atoms with Crippen LogP contribution in [0.1, 0.15) is 18.4 Å². The fourth-order valence-corrected chi connectivity index (χ4v) is 5.10. The van der Waals surface area contributed by atoms with Crippen molar-refractivity contribution < 1.29 is 22.3 Å². The van der Waals surface area contributed by atoms with Crippen LogP contribution in [0.2, 0.25) is 0 Å². The van der Waals surface area contributed by atoms with Crippen molar-refractivity contribution in [2.24, 2.45) is 5.92 Å². The summed E-state index contributed by atoms with van der Waals surface area (Å²) in [4.78, 5) is 12.4. The van der Waals surface area contributed by atoms with Crippen molar-refractivity contribution >= 4 is 21.6 Å². The fourth-order valence-electron chi connectivity index (χ4n) is 3.41. The zero-order chi connectivity index (χ0) is 21.7. The minimum atomic E-state index is -4.02. The van der Waals surface area contributed by atoms with E-state index in [2.05, 4.69) is 11.4 Å². The second-order valence-corrected chi connectivity index (χ2v) is 8.92. The highest BCUT2D eigenvalue weighted by Gasteiger charge is 2.35. The molecule has 9 heteroatoms. The van der Waals surface area contributed by atoms with Gasteiger partial charge in [-0.2, -0.15) is 9.57 Å². The summed E-state index contributed by atoms with van der Waals surface area (Å²) < 4.78 is 46.1. The number of nitriles is 1. The van der Waals surface area contributed by atoms with Gasteiger partial charge in [-0.25, -0.2) is 12.8 Å². The Kier molecular flexibility index (Phi) is 6.70. The summed E-state index contributed by atoms with van der Waals surface area (Å²) in [7, 11) is -2.70. The number of rotatable bonds is 6. The van der Waals surface area contributed by atoms with E-state index in [9.17, 15) is 17.6 Å². The highest BCUT2D eigenvalue weighted by atomic mass is 32.2. The molecule has 0 spiro atoms. The van der Waals surface area contributed by atoms with E-state index in [0.717, 1.165) is 17.7 Å². The first-order chi connectivity index (χ1) is 14.3. The molecule has 1 unspecified atom stereocenters. The lowest BCUT2D eigenvalue weighted by Gasteiger charge is -2.31. The lowest BCUT2D eigenvalue weighted by atomic mass is 9.98. The molecule has 1 aliphatic heterocycles. The van der Waals surface area contributed by atoms with Gasteiger partial charge in [0.15, 0.2) is 0 Å². The lowest BCUT2D eigenvalue weighted by Crippen LogP contribution is -2.43. The van der Waals surface area contributed by atoms with E-state index in [1.165, 1.54) is 17.5 Å². The lowest BCUT2D eigenvalue weighted by molar-refractivity contribution is -0.120. The molecule has 30 heavy (non-hydrogen) atoms. The second kappa shape index (κ2) is 9.24. The molecule has 7 nitrogen and oxygen atoms in total. The third-order valence-corrected chi connectivity index (χ3v) is 6.89. The minimum absolute atomic E-state index is 0.000347. The summed E-state index contributed by atoms with van der Waals surface area (Å²) in [6.07, 6.45) is 1.34. The van der Waals surface area contributed by atoms with Gasteiger partial charge in [-0.3, -0.25) is 4.79 Å². The third-order valence-electron chi connectivity index (χ3n) is 5.00. The van der Waals surface area contributed by atoms with Crippen LogP contribution in [-0.2, 0) is 21.2 Å². The molecule has 0 radical (unpaired) electrons. The van der Waals surface area contributed by atoms with Crippen molar-refractivity contribution in [2.45, 2.75) is 24.2 Å². The number of hydrogen-bond acceptors (Lipinski definition) is 5. The standard InChI is InChI=1S/C21H22FN3O4S/c1-29-19-9-6-17(22)13-20(19)30(27,28)25-12-2-3-16(14-25)21(26)24-18-7-4-15(5-8-18)10-11-23/h4-9,13,16H,2-3,10,12,14H2,1H3,(H,24,26). The Bertz CT molecular complexity index is 1060. The van der Waals surface area contributed by atoms with E-state index in [0.29, 0.717) is 18.5 Å². The molecule has 1 heterocycles. The number of methoxy groups -OCH3 is 1. The molecule has 0 bridgehead atoms. The first kappa shape index (κ1) is 21.7. The Morgan fingerprint density at radius 2 is 2.03 bits per heavy atom. The van der Waals surface area contributed by atoms with E-state index < -0.39 is 21.8 Å². The number of sulfonamides is 1. The summed E-state index contributed by atoms with van der Waals surface area (Å²) in [6.45, 7) is 0.245. The molecule has 1 fully saturated rings. The van der Waals surface area contributed by atoms with E-state index in [-0.39, 0.29) is 36.1 Å². The van der Waals surface area contributed by atoms with Gasteiger partial charge >= 0.3 is 0 Å². The van der Waals surface area contributed by atoms with Gasteiger partial charge in [0.1, 0.15) is 16.5 Å². The molecule has 158 valence electrons. The molecular formula is C21H22FN3O4S. The maximum atomic E-state index is 13.7. The summed E-state index contributed by atoms with van der Waals surface area (Å²) in [5, 5.41) is 11.5. The molecule has 0 aliphatic carbocycles. The molecule has 3 rings (SSSR count). The number of piperidine rings is 1. The van der Waals surface area contributed by atoms with Crippen molar-refractivity contribution in [2.75, 3.05) is 25.5 Å². The Morgan fingerprint density at radius 1 is 1.30 bits per heavy atom. The quantitative estimate of drug-likeness (QED) is 0.758. The second-order valence-electron chi connectivity index (χ2n) is 7.02. The molecule has 0 saturated carbocycles. The van der Waals surface area contributed by atoms with E-state index in [1.807, 2.05) is 0 Å². The van der Waals surface area contributed by atoms with Crippen LogP contribution in [0.4, 0.5) is 10.1 Å². The van der Waals surface area contributed by atoms with Gasteiger partial charge < -0.3 is 10.1 Å². The Morgan fingerprint density at radius 3 is 2.70 bits per heavy atom. The number of carbonyl (C=O) groups is 1. The zero-order valence-electron chi connectivity index (χ0n) is 16.5. The largest absolute Gasteiger partial charge is 0.495 e. The van der Waals surface area contributed by atoms with E-state index in [1.54, 1.807) is 24.3 Å². The van der Waals surface area contributed by atoms with Gasteiger partial charge in [0.05, 0.1) is 25.5 Å². The van der Waals surface area contributed by atoms with Gasteiger partial charge in [-0.1, -0.05) is 12.1 Å². The number of nitrogens with one attached hydrogen (secondary N) is 1. The van der Waals surface area contributed by atoms with Crippen LogP contribution in [0.15, 0.2) is 47.4 Å². The van der Waals surface area contributed by atoms with E-state index in [4.69, 9.17) is 10.00 Å². The average molecular weight is 431 g/mol. The first-order valence-corrected chi connectivity index (χ1v) is 10.9. The number of ether oxygens (including phenoxy) is 1. The van der Waals surface area contributed by atoms with Crippen molar-refractivity contribution in [3.63, 3.8) is 0 Å². The Balaban J connectivity index is 1.74. The van der Waals surface area contributed by atoms with Gasteiger partial charge in [-0.15, -0.1) is 0 Å². The minimum Gasteiger partial charge on any atom is -0.495 e. The predicted molar refractivity (Wildman–Crippen MR) is 109 cm³/mol.